The number of non-ortho nitro benzene ring substituents is 1. The van der Waals surface area contributed by atoms with E-state index in [0.29, 0.717) is 6.54 Å². The molecule has 1 N–H and O–H groups in total. The lowest BCUT2D eigenvalue weighted by Crippen LogP contribution is -2.02. The summed E-state index contributed by atoms with van der Waals surface area (Å²) in [6.07, 6.45) is 0. The van der Waals surface area contributed by atoms with Crippen molar-refractivity contribution in [1.29, 1.82) is 0 Å². The number of para-hydroxylation sites is 1. The Hall–Kier alpha value is -1.88. The molecule has 0 radical (unpaired) electrons. The highest BCUT2D eigenvalue weighted by atomic mass is 79.9. The van der Waals surface area contributed by atoms with Gasteiger partial charge in [0.15, 0.2) is 0 Å². The Kier molecular flexibility index (Phi) is 4.16. The molecule has 2 aromatic carbocycles. The van der Waals surface area contributed by atoms with Gasteiger partial charge in [0.2, 0.25) is 0 Å². The van der Waals surface area contributed by atoms with E-state index in [2.05, 4.69) is 21.2 Å². The fraction of sp³-hybridized carbons (Fsp3) is 0.143. The van der Waals surface area contributed by atoms with Crippen molar-refractivity contribution in [2.75, 3.05) is 5.32 Å². The Labute approximate surface area is 119 Å². The van der Waals surface area contributed by atoms with E-state index in [1.165, 1.54) is 17.7 Å². The number of halogens is 1. The number of benzene rings is 2. The molecule has 4 nitrogen and oxygen atoms in total. The summed E-state index contributed by atoms with van der Waals surface area (Å²) in [6.45, 7) is 2.65. The predicted octanol–water partition coefficient (Wildman–Crippen LogP) is 4.28. The molecule has 0 atom stereocenters. The van der Waals surface area contributed by atoms with Crippen LogP contribution in [0.25, 0.3) is 0 Å². The van der Waals surface area contributed by atoms with Crippen molar-refractivity contribution in [1.82, 2.24) is 0 Å². The van der Waals surface area contributed by atoms with Crippen LogP contribution < -0.4 is 5.32 Å². The topological polar surface area (TPSA) is 55.2 Å². The van der Waals surface area contributed by atoms with Gasteiger partial charge >= 0.3 is 0 Å². The highest BCUT2D eigenvalue weighted by Gasteiger charge is 2.09. The third kappa shape index (κ3) is 3.32. The van der Waals surface area contributed by atoms with Gasteiger partial charge in [-0.25, -0.2) is 0 Å². The smallest absolute Gasteiger partial charge is 0.270 e. The summed E-state index contributed by atoms with van der Waals surface area (Å²) in [5.41, 5.74) is 3.30. The van der Waals surface area contributed by atoms with E-state index in [-0.39, 0.29) is 5.69 Å². The van der Waals surface area contributed by atoms with E-state index >= 15 is 0 Å². The molecule has 98 valence electrons. The van der Waals surface area contributed by atoms with Crippen molar-refractivity contribution >= 4 is 27.3 Å². The van der Waals surface area contributed by atoms with Crippen molar-refractivity contribution in [3.8, 4) is 0 Å². The van der Waals surface area contributed by atoms with Gasteiger partial charge in [0.1, 0.15) is 0 Å². The lowest BCUT2D eigenvalue weighted by molar-refractivity contribution is -0.384. The van der Waals surface area contributed by atoms with Crippen LogP contribution in [0.4, 0.5) is 11.4 Å². The van der Waals surface area contributed by atoms with Gasteiger partial charge in [-0.1, -0.05) is 34.1 Å². The summed E-state index contributed by atoms with van der Waals surface area (Å²) in [6, 6.07) is 12.8. The van der Waals surface area contributed by atoms with Crippen LogP contribution in [0.15, 0.2) is 46.9 Å². The highest BCUT2D eigenvalue weighted by Crippen LogP contribution is 2.24. The second-order valence-electron chi connectivity index (χ2n) is 4.20. The van der Waals surface area contributed by atoms with E-state index in [0.717, 1.165) is 15.7 Å². The van der Waals surface area contributed by atoms with Gasteiger partial charge in [0.25, 0.3) is 5.69 Å². The average molecular weight is 321 g/mol. The summed E-state index contributed by atoms with van der Waals surface area (Å²) in [4.78, 5) is 10.3. The van der Waals surface area contributed by atoms with Crippen LogP contribution in [0.2, 0.25) is 0 Å². The molecule has 0 fully saturated rings. The third-order valence-corrected chi connectivity index (χ3v) is 3.60. The van der Waals surface area contributed by atoms with E-state index in [1.54, 1.807) is 6.07 Å². The number of hydrogen-bond donors (Lipinski definition) is 1. The predicted molar refractivity (Wildman–Crippen MR) is 79.3 cm³/mol. The van der Waals surface area contributed by atoms with Gasteiger partial charge in [0, 0.05) is 28.8 Å². The van der Waals surface area contributed by atoms with Crippen LogP contribution >= 0.6 is 15.9 Å². The molecule has 0 heterocycles. The minimum Gasteiger partial charge on any atom is -0.381 e. The number of aryl methyl sites for hydroxylation is 1. The molecule has 0 aromatic heterocycles. The molecule has 0 bridgehead atoms. The molecule has 0 unspecified atom stereocenters. The Bertz CT molecular complexity index is 614. The number of nitro groups is 1. The minimum atomic E-state index is -0.399. The van der Waals surface area contributed by atoms with Crippen LogP contribution in [-0.4, -0.2) is 4.92 Å². The van der Waals surface area contributed by atoms with Crippen LogP contribution in [0, 0.1) is 17.0 Å². The minimum absolute atomic E-state index is 0.0894. The third-order valence-electron chi connectivity index (χ3n) is 2.86. The van der Waals surface area contributed by atoms with Gasteiger partial charge in [-0.2, -0.15) is 0 Å². The van der Waals surface area contributed by atoms with Gasteiger partial charge < -0.3 is 5.32 Å². The average Bonchev–Trinajstić information content (AvgIpc) is 2.39. The lowest BCUT2D eigenvalue weighted by Gasteiger charge is -2.10. The largest absolute Gasteiger partial charge is 0.381 e. The molecule has 19 heavy (non-hydrogen) atoms. The first-order chi connectivity index (χ1) is 9.08. The molecule has 0 aliphatic heterocycles. The van der Waals surface area contributed by atoms with Crippen molar-refractivity contribution in [3.63, 3.8) is 0 Å². The van der Waals surface area contributed by atoms with Crippen LogP contribution in [0.1, 0.15) is 11.1 Å². The molecule has 0 saturated carbocycles. The second-order valence-corrected chi connectivity index (χ2v) is 5.06. The zero-order valence-corrected chi connectivity index (χ0v) is 12.0. The highest BCUT2D eigenvalue weighted by molar-refractivity contribution is 9.10. The van der Waals surface area contributed by atoms with Crippen molar-refractivity contribution in [2.24, 2.45) is 0 Å². The lowest BCUT2D eigenvalue weighted by atomic mass is 10.1. The Morgan fingerprint density at radius 3 is 2.63 bits per heavy atom. The zero-order chi connectivity index (χ0) is 13.8. The molecule has 0 aliphatic rings. The summed E-state index contributed by atoms with van der Waals surface area (Å²) in [7, 11) is 0. The number of rotatable bonds is 4. The Morgan fingerprint density at radius 1 is 1.26 bits per heavy atom. The first-order valence-electron chi connectivity index (χ1n) is 5.80. The van der Waals surface area contributed by atoms with E-state index < -0.39 is 4.92 Å². The van der Waals surface area contributed by atoms with Gasteiger partial charge in [0.05, 0.1) is 4.92 Å². The zero-order valence-electron chi connectivity index (χ0n) is 10.4. The summed E-state index contributed by atoms with van der Waals surface area (Å²) < 4.78 is 0.739. The second kappa shape index (κ2) is 5.84. The molecule has 0 amide bonds. The molecular weight excluding hydrogens is 308 g/mol. The van der Waals surface area contributed by atoms with Crippen LogP contribution in [-0.2, 0) is 6.54 Å². The number of hydrogen-bond acceptors (Lipinski definition) is 3. The Balaban J connectivity index is 2.12. The monoisotopic (exact) mass is 320 g/mol. The first-order valence-corrected chi connectivity index (χ1v) is 6.59. The maximum absolute atomic E-state index is 10.7. The molecule has 0 aliphatic carbocycles. The molecule has 0 spiro atoms. The SMILES string of the molecule is Cc1ccccc1NCc1ccc([N+](=O)[O-])cc1Br. The molecule has 2 aromatic rings. The standard InChI is InChI=1S/C14H13BrN2O2/c1-10-4-2-3-5-14(10)16-9-11-6-7-12(17(18)19)8-13(11)15/h2-8,16H,9H2,1H3. The molecule has 5 heteroatoms. The maximum Gasteiger partial charge on any atom is 0.270 e. The fourth-order valence-electron chi connectivity index (χ4n) is 1.75. The number of anilines is 1. The van der Waals surface area contributed by atoms with E-state index in [1.807, 2.05) is 31.2 Å². The van der Waals surface area contributed by atoms with Crippen molar-refractivity contribution in [2.45, 2.75) is 13.5 Å². The van der Waals surface area contributed by atoms with Crippen molar-refractivity contribution in [3.05, 3.63) is 68.2 Å². The van der Waals surface area contributed by atoms with Gasteiger partial charge in [-0.3, -0.25) is 10.1 Å². The van der Waals surface area contributed by atoms with Crippen LogP contribution in [0.5, 0.6) is 0 Å². The fourth-order valence-corrected chi connectivity index (χ4v) is 2.26. The van der Waals surface area contributed by atoms with Gasteiger partial charge in [-0.15, -0.1) is 0 Å². The number of nitrogens with zero attached hydrogens (tertiary/aromatic N) is 1. The van der Waals surface area contributed by atoms with Crippen LogP contribution in [0.3, 0.4) is 0 Å². The molecule has 2 rings (SSSR count). The molecular formula is C14H13BrN2O2. The van der Waals surface area contributed by atoms with E-state index in [4.69, 9.17) is 0 Å². The Morgan fingerprint density at radius 2 is 2.00 bits per heavy atom. The number of nitrogens with one attached hydrogen (secondary N) is 1. The summed E-state index contributed by atoms with van der Waals surface area (Å²) in [5.74, 6) is 0. The molecule has 0 saturated heterocycles. The quantitative estimate of drug-likeness (QED) is 0.675. The van der Waals surface area contributed by atoms with Gasteiger partial charge in [-0.05, 0) is 30.2 Å². The van der Waals surface area contributed by atoms with Crippen molar-refractivity contribution < 1.29 is 4.92 Å². The first kappa shape index (κ1) is 13.5. The summed E-state index contributed by atoms with van der Waals surface area (Å²) >= 11 is 3.36. The van der Waals surface area contributed by atoms with E-state index in [9.17, 15) is 10.1 Å². The maximum atomic E-state index is 10.7. The number of nitro benzene ring substituents is 1. The summed E-state index contributed by atoms with van der Waals surface area (Å²) in [5, 5.41) is 14.0. The normalized spacial score (nSPS) is 10.2.